The van der Waals surface area contributed by atoms with Gasteiger partial charge in [-0.15, -0.1) is 0 Å². The molecule has 10 heteroatoms. The van der Waals surface area contributed by atoms with Crippen molar-refractivity contribution in [1.29, 1.82) is 0 Å². The van der Waals surface area contributed by atoms with Gasteiger partial charge in [0.2, 0.25) is 0 Å². The first kappa shape index (κ1) is 14.7. The fourth-order valence-electron chi connectivity index (χ4n) is 0. The van der Waals surface area contributed by atoms with Crippen LogP contribution in [0.5, 0.6) is 0 Å². The smallest absolute Gasteiger partial charge is 0.271 e. The van der Waals surface area contributed by atoms with Gasteiger partial charge in [0.1, 0.15) is 0 Å². The molecule has 0 aliphatic heterocycles. The van der Waals surface area contributed by atoms with E-state index in [1.807, 2.05) is 0 Å². The largest absolute Gasteiger partial charge is 0.339 e. The average Bonchev–Trinajstić information content (AvgIpc) is 1.12. The van der Waals surface area contributed by atoms with Crippen LogP contribution in [0.25, 0.3) is 0 Å². The highest BCUT2D eigenvalue weighted by atomic mass is 36.1. The number of rotatable bonds is 0. The minimum atomic E-state index is -3.22. The topological polar surface area (TPSA) is 34.1 Å². The monoisotopic (exact) mass is 304 g/mol. The third-order valence-corrected chi connectivity index (χ3v) is 0. The maximum atomic E-state index is 9.51. The van der Waals surface area contributed by atoms with Crippen LogP contribution < -0.4 is 0 Å². The zero-order chi connectivity index (χ0) is 9.00. The normalized spacial score (nSPS) is 11.8. The fraction of sp³-hybridized carbons (Fsp3) is 0. The second-order valence-corrected chi connectivity index (χ2v) is 14.1. The minimum Gasteiger partial charge on any atom is -0.271 e. The summed E-state index contributed by atoms with van der Waals surface area (Å²) in [5.74, 6) is 0. The van der Waals surface area contributed by atoms with Crippen LogP contribution >= 0.6 is 77.8 Å². The van der Waals surface area contributed by atoms with Crippen LogP contribution in [0.15, 0.2) is 0 Å². The van der Waals surface area contributed by atoms with Crippen molar-refractivity contribution >= 4 is 77.8 Å². The Labute approximate surface area is 86.5 Å². The first-order valence-electron chi connectivity index (χ1n) is 1.38. The van der Waals surface area contributed by atoms with Crippen LogP contribution in [0.3, 0.4) is 0 Å². The number of hydrogen-bond donors (Lipinski definition) is 0. The van der Waals surface area contributed by atoms with Gasteiger partial charge >= 0.3 is 10.4 Å². The summed E-state index contributed by atoms with van der Waals surface area (Å²) in [6, 6.07) is 0. The van der Waals surface area contributed by atoms with Crippen LogP contribution in [0.1, 0.15) is 0 Å². The zero-order valence-electron chi connectivity index (χ0n) is 3.98. The molecule has 0 radical (unpaired) electrons. The molecular weight excluding hydrogens is 307 g/mol. The van der Waals surface area contributed by atoms with E-state index in [0.717, 1.165) is 0 Å². The van der Waals surface area contributed by atoms with Gasteiger partial charge in [-0.05, 0) is 67.4 Å². The van der Waals surface area contributed by atoms with Gasteiger partial charge in [0.05, 0.1) is 0 Å². The molecule has 2 nitrogen and oxygen atoms in total. The summed E-state index contributed by atoms with van der Waals surface area (Å²) in [5.41, 5.74) is 0. The lowest BCUT2D eigenvalue weighted by Crippen LogP contribution is -1.19. The van der Waals surface area contributed by atoms with Gasteiger partial charge in [0.25, 0.3) is 0 Å². The highest BCUT2D eigenvalue weighted by Gasteiger charge is 2.03. The zero-order valence-corrected chi connectivity index (χ0v) is 10.3. The summed E-state index contributed by atoms with van der Waals surface area (Å²) in [6.45, 7) is 0. The molecule has 64 valence electrons. The van der Waals surface area contributed by atoms with Crippen molar-refractivity contribution in [2.45, 2.75) is 0 Å². The van der Waals surface area contributed by atoms with Gasteiger partial charge in [-0.3, -0.25) is 9.13 Å². The van der Waals surface area contributed by atoms with Crippen molar-refractivity contribution in [2.24, 2.45) is 0 Å². The van der Waals surface area contributed by atoms with Crippen LogP contribution in [0.2, 0.25) is 0 Å². The van der Waals surface area contributed by atoms with E-state index in [9.17, 15) is 9.13 Å². The first-order chi connectivity index (χ1) is 4.00. The van der Waals surface area contributed by atoms with Crippen molar-refractivity contribution in [1.82, 2.24) is 0 Å². The van der Waals surface area contributed by atoms with E-state index >= 15 is 0 Å². The van der Waals surface area contributed by atoms with Gasteiger partial charge in [0, 0.05) is 0 Å². The molecule has 0 heterocycles. The highest BCUT2D eigenvalue weighted by molar-refractivity contribution is 8.25. The first-order valence-corrected chi connectivity index (χ1v) is 10.2. The molecule has 0 bridgehead atoms. The lowest BCUT2D eigenvalue weighted by Gasteiger charge is -1.74. The number of hydrogen-bond acceptors (Lipinski definition) is 2. The maximum absolute atomic E-state index is 9.51. The quantitative estimate of drug-likeness (QED) is 0.544. The Bertz CT molecular complexity index is 126. The van der Waals surface area contributed by atoms with E-state index in [4.69, 9.17) is 0 Å². The predicted molar refractivity (Wildman–Crippen MR) is 50.3 cm³/mol. The summed E-state index contributed by atoms with van der Waals surface area (Å²) in [7, 11) is 0. The number of halogens is 6. The molecule has 0 aromatic carbocycles. The minimum absolute atomic E-state index is 3.22. The molecule has 0 aliphatic rings. The molecule has 0 aromatic rings. The summed E-state index contributed by atoms with van der Waals surface area (Å²) in [4.78, 5) is 0. The molecule has 0 unspecified atom stereocenters. The molecule has 0 atom stereocenters. The molecule has 0 amide bonds. The molecule has 0 saturated heterocycles. The van der Waals surface area contributed by atoms with Gasteiger partial charge in [-0.2, -0.15) is 0 Å². The third-order valence-electron chi connectivity index (χ3n) is 0. The van der Waals surface area contributed by atoms with E-state index < -0.39 is 10.4 Å². The van der Waals surface area contributed by atoms with E-state index in [-0.39, 0.29) is 0 Å². The third kappa shape index (κ3) is 178. The molecule has 0 aromatic heterocycles. The lowest BCUT2D eigenvalue weighted by molar-refractivity contribution is 0.599. The summed E-state index contributed by atoms with van der Waals surface area (Å²) in [5, 5.41) is -6.44. The van der Waals surface area contributed by atoms with Crippen molar-refractivity contribution in [2.75, 3.05) is 0 Å². The maximum Gasteiger partial charge on any atom is 0.339 e. The Hall–Kier alpha value is 2.20. The molecule has 10 heavy (non-hydrogen) atoms. The van der Waals surface area contributed by atoms with Crippen LogP contribution in [-0.2, 0) is 9.13 Å². The van der Waals surface area contributed by atoms with E-state index in [0.29, 0.717) is 0 Å². The summed E-state index contributed by atoms with van der Waals surface area (Å²) in [6.07, 6.45) is 0. The standard InChI is InChI=1S/2Cl3OP/c2*1-5(2,3)4. The Morgan fingerprint density at radius 2 is 0.600 bits per heavy atom. The van der Waals surface area contributed by atoms with E-state index in [1.54, 1.807) is 0 Å². The molecule has 0 N–H and O–H groups in total. The SMILES string of the molecule is O=P(Cl)(Cl)Cl.O=P(Cl)(Cl)Cl. The molecule has 0 rings (SSSR count). The van der Waals surface area contributed by atoms with Gasteiger partial charge in [-0.1, -0.05) is 0 Å². The van der Waals surface area contributed by atoms with E-state index in [1.165, 1.54) is 0 Å². The molecule has 0 saturated carbocycles. The average molecular weight is 307 g/mol. The highest BCUT2D eigenvalue weighted by Crippen LogP contribution is 2.61. The van der Waals surface area contributed by atoms with Gasteiger partial charge in [-0.25, -0.2) is 0 Å². The molecule has 0 aliphatic carbocycles. The Kier molecular flexibility index (Phi) is 8.50. The second-order valence-electron chi connectivity index (χ2n) is 0.797. The van der Waals surface area contributed by atoms with E-state index in [2.05, 4.69) is 67.4 Å². The van der Waals surface area contributed by atoms with Crippen LogP contribution in [0.4, 0.5) is 0 Å². The lowest BCUT2D eigenvalue weighted by atomic mass is 16.0. The predicted octanol–water partition coefficient (Wildman–Crippen LogP) is 5.62. The second kappa shape index (κ2) is 5.78. The summed E-state index contributed by atoms with van der Waals surface area (Å²) < 4.78 is 19.0. The Morgan fingerprint density at radius 1 is 0.600 bits per heavy atom. The van der Waals surface area contributed by atoms with Gasteiger partial charge < -0.3 is 0 Å². The molecule has 0 fully saturated rings. The summed E-state index contributed by atoms with van der Waals surface area (Å²) >= 11 is 27.7. The van der Waals surface area contributed by atoms with Crippen molar-refractivity contribution in [3.8, 4) is 0 Å². The van der Waals surface area contributed by atoms with Crippen LogP contribution in [0, 0.1) is 0 Å². The molecule has 0 spiro atoms. The fourth-order valence-corrected chi connectivity index (χ4v) is 0. The van der Waals surface area contributed by atoms with Crippen LogP contribution in [-0.4, -0.2) is 0 Å². The Balaban J connectivity index is 0. The Morgan fingerprint density at radius 3 is 0.600 bits per heavy atom. The van der Waals surface area contributed by atoms with Gasteiger partial charge in [0.15, 0.2) is 0 Å². The van der Waals surface area contributed by atoms with Crippen molar-refractivity contribution < 1.29 is 9.13 Å². The molecular formula is Cl6O2P2. The van der Waals surface area contributed by atoms with Crippen molar-refractivity contribution in [3.63, 3.8) is 0 Å². The van der Waals surface area contributed by atoms with Crippen molar-refractivity contribution in [3.05, 3.63) is 0 Å².